The van der Waals surface area contributed by atoms with E-state index in [0.29, 0.717) is 5.75 Å². The Bertz CT molecular complexity index is 666. The van der Waals surface area contributed by atoms with Crippen LogP contribution in [-0.2, 0) is 6.42 Å². The third-order valence-electron chi connectivity index (χ3n) is 3.72. The number of rotatable bonds is 2. The van der Waals surface area contributed by atoms with Gasteiger partial charge in [0.2, 0.25) is 0 Å². The predicted octanol–water partition coefficient (Wildman–Crippen LogP) is 4.62. The Balaban J connectivity index is 0.000000924. The van der Waals surface area contributed by atoms with E-state index in [1.165, 1.54) is 4.90 Å². The zero-order valence-corrected chi connectivity index (χ0v) is 14.2. The molecule has 1 amide bonds. The molecule has 23 heavy (non-hydrogen) atoms. The van der Waals surface area contributed by atoms with Crippen molar-refractivity contribution in [1.82, 2.24) is 0 Å². The molecule has 1 aliphatic rings. The van der Waals surface area contributed by atoms with E-state index >= 15 is 0 Å². The summed E-state index contributed by atoms with van der Waals surface area (Å²) in [7, 11) is 1.72. The van der Waals surface area contributed by atoms with Crippen molar-refractivity contribution < 1.29 is 9.53 Å². The Morgan fingerprint density at radius 2 is 1.83 bits per heavy atom. The molecule has 1 aliphatic heterocycles. The Kier molecular flexibility index (Phi) is 5.63. The van der Waals surface area contributed by atoms with Gasteiger partial charge < -0.3 is 10.1 Å². The van der Waals surface area contributed by atoms with Gasteiger partial charge in [-0.3, -0.25) is 4.90 Å². The summed E-state index contributed by atoms with van der Waals surface area (Å²) in [5.74, 6) is 0.640. The molecule has 3 rings (SSSR count). The Morgan fingerprint density at radius 1 is 1.13 bits per heavy atom. The molecule has 0 saturated heterocycles. The van der Waals surface area contributed by atoms with Crippen molar-refractivity contribution in [2.75, 3.05) is 23.8 Å². The third kappa shape index (κ3) is 3.83. The molecule has 0 saturated carbocycles. The Morgan fingerprint density at radius 3 is 2.52 bits per heavy atom. The van der Waals surface area contributed by atoms with E-state index in [2.05, 4.69) is 5.32 Å². The van der Waals surface area contributed by atoms with Gasteiger partial charge in [-0.1, -0.05) is 37.6 Å². The normalized spacial score (nSPS) is 11.7. The quantitative estimate of drug-likeness (QED) is 0.879. The maximum atomic E-state index is 12.3. The van der Waals surface area contributed by atoms with Gasteiger partial charge >= 0.3 is 6.09 Å². The van der Waals surface area contributed by atoms with Gasteiger partial charge in [0, 0.05) is 30.5 Å². The molecule has 0 unspecified atom stereocenters. The second-order valence-electron chi connectivity index (χ2n) is 5.22. The lowest BCUT2D eigenvalue weighted by Crippen LogP contribution is -2.29. The number of aryl methyl sites for hydroxylation is 1. The highest BCUT2D eigenvalue weighted by atomic mass is 16.6. The number of anilines is 2. The molecule has 0 aliphatic carbocycles. The van der Waals surface area contributed by atoms with Crippen molar-refractivity contribution in [3.8, 4) is 5.75 Å². The predicted molar refractivity (Wildman–Crippen MR) is 95.6 cm³/mol. The van der Waals surface area contributed by atoms with Gasteiger partial charge in [-0.25, -0.2) is 4.79 Å². The number of nitrogens with zero attached hydrogens (tertiary/aromatic N) is 1. The van der Waals surface area contributed by atoms with Crippen LogP contribution >= 0.6 is 0 Å². The zero-order valence-electron chi connectivity index (χ0n) is 14.2. The maximum Gasteiger partial charge on any atom is 0.419 e. The summed E-state index contributed by atoms with van der Waals surface area (Å²) in [6, 6.07) is 13.5. The van der Waals surface area contributed by atoms with Gasteiger partial charge in [0.25, 0.3) is 0 Å². The second kappa shape index (κ2) is 7.68. The number of nitrogens with one attached hydrogen (secondary N) is 1. The number of benzene rings is 2. The van der Waals surface area contributed by atoms with Gasteiger partial charge in [0.05, 0.1) is 0 Å². The van der Waals surface area contributed by atoms with E-state index in [1.54, 1.807) is 7.05 Å². The Hall–Kier alpha value is -2.49. The first-order valence-corrected chi connectivity index (χ1v) is 8.03. The highest BCUT2D eigenvalue weighted by Crippen LogP contribution is 2.31. The minimum absolute atomic E-state index is 0.376. The first-order chi connectivity index (χ1) is 11.1. The van der Waals surface area contributed by atoms with Crippen molar-refractivity contribution in [3.05, 3.63) is 53.6 Å². The summed E-state index contributed by atoms with van der Waals surface area (Å²) in [6.07, 6.45) is 0.506. The van der Waals surface area contributed by atoms with Crippen molar-refractivity contribution in [1.29, 1.82) is 0 Å². The molecule has 0 atom stereocenters. The van der Waals surface area contributed by atoms with Crippen molar-refractivity contribution in [2.45, 2.75) is 27.2 Å². The molecular weight excluding hydrogens is 288 g/mol. The number of carbonyl (C=O) groups is 1. The zero-order chi connectivity index (χ0) is 16.8. The first-order valence-electron chi connectivity index (χ1n) is 8.03. The van der Waals surface area contributed by atoms with E-state index in [0.717, 1.165) is 35.5 Å². The highest BCUT2D eigenvalue weighted by Gasteiger charge is 2.19. The van der Waals surface area contributed by atoms with E-state index in [9.17, 15) is 4.79 Å². The lowest BCUT2D eigenvalue weighted by molar-refractivity contribution is 0.208. The van der Waals surface area contributed by atoms with Crippen molar-refractivity contribution in [2.24, 2.45) is 0 Å². The molecule has 4 nitrogen and oxygen atoms in total. The van der Waals surface area contributed by atoms with E-state index in [4.69, 9.17) is 4.74 Å². The molecule has 0 fully saturated rings. The molecular formula is C19H24N2O2. The molecule has 0 radical (unpaired) electrons. The topological polar surface area (TPSA) is 41.6 Å². The number of ether oxygens (including phenoxy) is 1. The van der Waals surface area contributed by atoms with Crippen LogP contribution in [0.5, 0.6) is 5.75 Å². The number of amides is 1. The third-order valence-corrected chi connectivity index (χ3v) is 3.72. The van der Waals surface area contributed by atoms with Crippen molar-refractivity contribution >= 4 is 17.5 Å². The monoisotopic (exact) mass is 312 g/mol. The summed E-state index contributed by atoms with van der Waals surface area (Å²) in [5.41, 5.74) is 4.10. The molecule has 4 heteroatoms. The standard InChI is InChI=1S/C17H18N2O2.C2H6/c1-12-6-8-13(9-7-12)19(2)17(20)21-16-5-3-4-15-14(16)10-11-18-15;1-2/h3-9,18H,10-11H2,1-2H3;1-2H3. The average molecular weight is 312 g/mol. The second-order valence-corrected chi connectivity index (χ2v) is 5.22. The van der Waals surface area contributed by atoms with Crippen LogP contribution in [0.2, 0.25) is 0 Å². The van der Waals surface area contributed by atoms with E-state index in [-0.39, 0.29) is 6.09 Å². The number of fused-ring (bicyclic) bond motifs is 1. The van der Waals surface area contributed by atoms with Gasteiger partial charge in [0.1, 0.15) is 5.75 Å². The van der Waals surface area contributed by atoms with Crippen LogP contribution in [0.4, 0.5) is 16.2 Å². The SMILES string of the molecule is CC.Cc1ccc(N(C)C(=O)Oc2cccc3c2CCN3)cc1. The van der Waals surface area contributed by atoms with Gasteiger partial charge in [-0.15, -0.1) is 0 Å². The molecule has 2 aromatic rings. The van der Waals surface area contributed by atoms with Crippen LogP contribution in [0.1, 0.15) is 25.0 Å². The fourth-order valence-corrected chi connectivity index (χ4v) is 2.44. The number of carbonyl (C=O) groups excluding carboxylic acids is 1. The minimum atomic E-state index is -0.376. The molecule has 0 bridgehead atoms. The molecule has 122 valence electrons. The van der Waals surface area contributed by atoms with Crippen LogP contribution in [0.3, 0.4) is 0 Å². The summed E-state index contributed by atoms with van der Waals surface area (Å²) >= 11 is 0. The smallest absolute Gasteiger partial charge is 0.410 e. The fourth-order valence-electron chi connectivity index (χ4n) is 2.44. The number of hydrogen-bond donors (Lipinski definition) is 1. The summed E-state index contributed by atoms with van der Waals surface area (Å²) in [6.45, 7) is 6.90. The summed E-state index contributed by atoms with van der Waals surface area (Å²) in [5, 5.41) is 3.28. The minimum Gasteiger partial charge on any atom is -0.410 e. The van der Waals surface area contributed by atoms with E-state index < -0.39 is 0 Å². The summed E-state index contributed by atoms with van der Waals surface area (Å²) in [4.78, 5) is 13.8. The van der Waals surface area contributed by atoms with Crippen molar-refractivity contribution in [3.63, 3.8) is 0 Å². The molecule has 0 spiro atoms. The van der Waals surface area contributed by atoms with E-state index in [1.807, 2.05) is 63.2 Å². The van der Waals surface area contributed by atoms with Crippen LogP contribution in [0.15, 0.2) is 42.5 Å². The Labute approximate surface area is 138 Å². The summed E-state index contributed by atoms with van der Waals surface area (Å²) < 4.78 is 5.55. The molecule has 0 aromatic heterocycles. The van der Waals surface area contributed by atoms with Crippen LogP contribution in [0.25, 0.3) is 0 Å². The number of hydrogen-bond acceptors (Lipinski definition) is 3. The maximum absolute atomic E-state index is 12.3. The van der Waals surface area contributed by atoms with Crippen LogP contribution in [-0.4, -0.2) is 19.7 Å². The molecule has 2 aromatic carbocycles. The molecule has 1 heterocycles. The fraction of sp³-hybridized carbons (Fsp3) is 0.316. The molecule has 1 N–H and O–H groups in total. The lowest BCUT2D eigenvalue weighted by atomic mass is 10.1. The van der Waals surface area contributed by atoms with Crippen LogP contribution < -0.4 is 15.0 Å². The average Bonchev–Trinajstić information content (AvgIpc) is 3.06. The van der Waals surface area contributed by atoms with Gasteiger partial charge in [0.15, 0.2) is 0 Å². The largest absolute Gasteiger partial charge is 0.419 e. The van der Waals surface area contributed by atoms with Gasteiger partial charge in [-0.05, 0) is 37.6 Å². The van der Waals surface area contributed by atoms with Crippen LogP contribution in [0, 0.1) is 6.92 Å². The first kappa shape index (κ1) is 16.9. The highest BCUT2D eigenvalue weighted by molar-refractivity contribution is 5.89. The lowest BCUT2D eigenvalue weighted by Gasteiger charge is -2.18. The van der Waals surface area contributed by atoms with Gasteiger partial charge in [-0.2, -0.15) is 0 Å².